The molecule has 2 aromatic carbocycles. The highest BCUT2D eigenvalue weighted by Gasteiger charge is 2.24. The van der Waals surface area contributed by atoms with Crippen LogP contribution in [-0.4, -0.2) is 39.7 Å². The van der Waals surface area contributed by atoms with Crippen LogP contribution in [0.5, 0.6) is 0 Å². The minimum absolute atomic E-state index is 0.134. The Labute approximate surface area is 194 Å². The van der Waals surface area contributed by atoms with Gasteiger partial charge in [-0.2, -0.15) is 0 Å². The first kappa shape index (κ1) is 22.3. The fraction of sp³-hybridized carbons (Fsp3) is 0.167. The fourth-order valence-electron chi connectivity index (χ4n) is 3.76. The largest absolute Gasteiger partial charge is 0.465 e. The summed E-state index contributed by atoms with van der Waals surface area (Å²) in [6.07, 6.45) is -0.134. The number of amides is 1. The van der Waals surface area contributed by atoms with Gasteiger partial charge >= 0.3 is 5.97 Å². The van der Waals surface area contributed by atoms with Crippen molar-refractivity contribution in [3.63, 3.8) is 0 Å². The van der Waals surface area contributed by atoms with Crippen molar-refractivity contribution in [2.75, 3.05) is 12.4 Å². The maximum absolute atomic E-state index is 12.7. The number of fused-ring (bicyclic) bond motifs is 1. The lowest BCUT2D eigenvalue weighted by Gasteiger charge is -2.06. The predicted octanol–water partition coefficient (Wildman–Crippen LogP) is 4.69. The molecule has 8 nitrogen and oxygen atoms in total. The molecule has 1 amide bonds. The molecule has 0 unspecified atom stereocenters. The third kappa shape index (κ3) is 4.38. The van der Waals surface area contributed by atoms with Gasteiger partial charge in [0.15, 0.2) is 5.78 Å². The van der Waals surface area contributed by atoms with Gasteiger partial charge in [0.2, 0.25) is 5.91 Å². The van der Waals surface area contributed by atoms with Gasteiger partial charge in [0.1, 0.15) is 5.82 Å². The number of rotatable bonds is 6. The third-order valence-electron chi connectivity index (χ3n) is 5.30. The van der Waals surface area contributed by atoms with Crippen LogP contribution in [0.25, 0.3) is 22.4 Å². The molecular formula is C24H21ClN4O4. The number of esters is 1. The molecule has 3 N–H and O–H groups in total. The van der Waals surface area contributed by atoms with E-state index >= 15 is 0 Å². The van der Waals surface area contributed by atoms with Crippen molar-refractivity contribution in [1.29, 1.82) is 0 Å². The smallest absolute Gasteiger partial charge is 0.339 e. The van der Waals surface area contributed by atoms with Crippen molar-refractivity contribution in [3.8, 4) is 11.4 Å². The van der Waals surface area contributed by atoms with E-state index in [1.54, 1.807) is 31.2 Å². The Morgan fingerprint density at radius 3 is 2.58 bits per heavy atom. The van der Waals surface area contributed by atoms with Crippen molar-refractivity contribution in [1.82, 2.24) is 15.0 Å². The fourth-order valence-corrected chi connectivity index (χ4v) is 3.98. The first-order valence-corrected chi connectivity index (χ1v) is 10.5. The standard InChI is InChI=1S/C24H21ClN4O4/c1-12-21(24(32)33-3)19(27-22(12)13(2)30)11-20(31)26-14-8-9-17-18(10-14)29-23(28-17)15-6-4-5-7-16(15)25/h4-10,27H,11H2,1-3H3,(H,26,31)(H,28,29). The normalized spacial score (nSPS) is 10.9. The summed E-state index contributed by atoms with van der Waals surface area (Å²) in [7, 11) is 1.25. The van der Waals surface area contributed by atoms with E-state index in [4.69, 9.17) is 16.3 Å². The summed E-state index contributed by atoms with van der Waals surface area (Å²) in [6, 6.07) is 12.7. The van der Waals surface area contributed by atoms with Gasteiger partial charge in [0.25, 0.3) is 0 Å². The Morgan fingerprint density at radius 2 is 1.88 bits per heavy atom. The van der Waals surface area contributed by atoms with Gasteiger partial charge in [-0.25, -0.2) is 9.78 Å². The van der Waals surface area contributed by atoms with Crippen LogP contribution in [0, 0.1) is 6.92 Å². The summed E-state index contributed by atoms with van der Waals surface area (Å²) in [5.74, 6) is -0.574. The molecule has 4 aromatic rings. The van der Waals surface area contributed by atoms with Gasteiger partial charge in [-0.1, -0.05) is 23.7 Å². The van der Waals surface area contributed by atoms with Crippen LogP contribution >= 0.6 is 11.6 Å². The van der Waals surface area contributed by atoms with E-state index in [0.717, 1.165) is 16.6 Å². The molecular weight excluding hydrogens is 444 g/mol. The van der Waals surface area contributed by atoms with Crippen molar-refractivity contribution >= 4 is 46.0 Å². The summed E-state index contributed by atoms with van der Waals surface area (Å²) in [4.78, 5) is 47.5. The van der Waals surface area contributed by atoms with E-state index < -0.39 is 5.97 Å². The Bertz CT molecular complexity index is 1400. The number of benzene rings is 2. The SMILES string of the molecule is COC(=O)c1c(CC(=O)Nc2ccc3nc(-c4ccccc4Cl)[nH]c3c2)[nH]c(C(C)=O)c1C. The quantitative estimate of drug-likeness (QED) is 0.282. The number of aromatic amines is 2. The second-order valence-corrected chi connectivity index (χ2v) is 7.96. The number of ether oxygens (including phenoxy) is 1. The van der Waals surface area contributed by atoms with E-state index in [2.05, 4.69) is 20.3 Å². The minimum atomic E-state index is -0.606. The first-order valence-electron chi connectivity index (χ1n) is 10.1. The number of halogens is 1. The van der Waals surface area contributed by atoms with Crippen LogP contribution in [0.4, 0.5) is 5.69 Å². The Morgan fingerprint density at radius 1 is 1.12 bits per heavy atom. The molecule has 0 atom stereocenters. The number of nitrogens with one attached hydrogen (secondary N) is 3. The molecule has 0 radical (unpaired) electrons. The molecule has 33 heavy (non-hydrogen) atoms. The van der Waals surface area contributed by atoms with Gasteiger partial charge in [-0.3, -0.25) is 9.59 Å². The number of H-pyrrole nitrogens is 2. The van der Waals surface area contributed by atoms with Crippen molar-refractivity contribution < 1.29 is 19.1 Å². The predicted molar refractivity (Wildman–Crippen MR) is 126 cm³/mol. The second-order valence-electron chi connectivity index (χ2n) is 7.55. The van der Waals surface area contributed by atoms with Crippen LogP contribution in [0.3, 0.4) is 0 Å². The number of carbonyl (C=O) groups is 3. The second kappa shape index (κ2) is 8.91. The zero-order chi connectivity index (χ0) is 23.7. The molecule has 0 saturated heterocycles. The number of hydrogen-bond donors (Lipinski definition) is 3. The van der Waals surface area contributed by atoms with Crippen molar-refractivity contribution in [2.24, 2.45) is 0 Å². The Balaban J connectivity index is 1.57. The number of ketones is 1. The van der Waals surface area contributed by atoms with Crippen LogP contribution < -0.4 is 5.32 Å². The van der Waals surface area contributed by atoms with E-state index in [1.807, 2.05) is 18.2 Å². The molecule has 168 valence electrons. The molecule has 0 fully saturated rings. The monoisotopic (exact) mass is 464 g/mol. The van der Waals surface area contributed by atoms with E-state index in [9.17, 15) is 14.4 Å². The number of methoxy groups -OCH3 is 1. The average Bonchev–Trinajstić information content (AvgIpc) is 3.34. The number of imidazole rings is 1. The van der Waals surface area contributed by atoms with Crippen LogP contribution in [0.15, 0.2) is 42.5 Å². The molecule has 2 aromatic heterocycles. The lowest BCUT2D eigenvalue weighted by Crippen LogP contribution is -2.17. The van der Waals surface area contributed by atoms with Crippen LogP contribution in [0.2, 0.25) is 5.02 Å². The molecule has 0 bridgehead atoms. The van der Waals surface area contributed by atoms with Crippen LogP contribution in [-0.2, 0) is 16.0 Å². The summed E-state index contributed by atoms with van der Waals surface area (Å²) in [5, 5.41) is 3.40. The highest BCUT2D eigenvalue weighted by molar-refractivity contribution is 6.33. The molecule has 2 heterocycles. The van der Waals surface area contributed by atoms with Gasteiger partial charge in [-0.05, 0) is 42.8 Å². The number of nitrogens with zero attached hydrogens (tertiary/aromatic N) is 1. The molecule has 4 rings (SSSR count). The summed E-state index contributed by atoms with van der Waals surface area (Å²) < 4.78 is 4.82. The highest BCUT2D eigenvalue weighted by atomic mass is 35.5. The lowest BCUT2D eigenvalue weighted by atomic mass is 10.1. The zero-order valence-electron chi connectivity index (χ0n) is 18.2. The number of Topliss-reactive ketones (excluding diaryl/α,β-unsaturated/α-hetero) is 1. The van der Waals surface area contributed by atoms with Crippen LogP contribution in [0.1, 0.15) is 39.0 Å². The molecule has 0 aliphatic heterocycles. The molecule has 0 spiro atoms. The van der Waals surface area contributed by atoms with Gasteiger partial charge in [0.05, 0.1) is 40.8 Å². The number of carbonyl (C=O) groups excluding carboxylic acids is 3. The first-order chi connectivity index (χ1) is 15.8. The number of aromatic nitrogens is 3. The van der Waals surface area contributed by atoms with Gasteiger partial charge < -0.3 is 20.0 Å². The zero-order valence-corrected chi connectivity index (χ0v) is 19.0. The molecule has 0 saturated carbocycles. The Hall–Kier alpha value is -3.91. The maximum Gasteiger partial charge on any atom is 0.339 e. The number of anilines is 1. The van der Waals surface area contributed by atoms with E-state index in [-0.39, 0.29) is 29.4 Å². The molecule has 0 aliphatic rings. The maximum atomic E-state index is 12.7. The van der Waals surface area contributed by atoms with E-state index in [0.29, 0.717) is 27.8 Å². The summed E-state index contributed by atoms with van der Waals surface area (Å²) in [6.45, 7) is 3.03. The third-order valence-corrected chi connectivity index (χ3v) is 5.63. The van der Waals surface area contributed by atoms with E-state index in [1.165, 1.54) is 14.0 Å². The van der Waals surface area contributed by atoms with Gasteiger partial charge in [0, 0.05) is 23.9 Å². The van der Waals surface area contributed by atoms with Gasteiger partial charge in [-0.15, -0.1) is 0 Å². The average molecular weight is 465 g/mol. The Kier molecular flexibility index (Phi) is 6.02. The minimum Gasteiger partial charge on any atom is -0.465 e. The highest BCUT2D eigenvalue weighted by Crippen LogP contribution is 2.28. The topological polar surface area (TPSA) is 117 Å². The summed E-state index contributed by atoms with van der Waals surface area (Å²) in [5.41, 5.74) is 4.05. The summed E-state index contributed by atoms with van der Waals surface area (Å²) >= 11 is 6.27. The van der Waals surface area contributed by atoms with Crippen molar-refractivity contribution in [3.05, 3.63) is 70.0 Å². The number of hydrogen-bond acceptors (Lipinski definition) is 5. The lowest BCUT2D eigenvalue weighted by molar-refractivity contribution is -0.115. The molecule has 0 aliphatic carbocycles. The molecule has 9 heteroatoms. The van der Waals surface area contributed by atoms with Crippen molar-refractivity contribution in [2.45, 2.75) is 20.3 Å².